The van der Waals surface area contributed by atoms with Crippen LogP contribution < -0.4 is 10.1 Å². The summed E-state index contributed by atoms with van der Waals surface area (Å²) in [6.07, 6.45) is 2.77. The summed E-state index contributed by atoms with van der Waals surface area (Å²) in [7, 11) is 0. The van der Waals surface area contributed by atoms with Gasteiger partial charge in [0, 0.05) is 24.9 Å². The van der Waals surface area contributed by atoms with Crippen molar-refractivity contribution >= 4 is 17.7 Å². The fraction of sp³-hybridized carbons (Fsp3) is 0.429. The Labute approximate surface area is 131 Å². The summed E-state index contributed by atoms with van der Waals surface area (Å²) in [6, 6.07) is 3.41. The normalized spacial score (nSPS) is 17.4. The molecular formula is C14H16N4O3S. The van der Waals surface area contributed by atoms with Gasteiger partial charge in [-0.25, -0.2) is 4.98 Å². The minimum absolute atomic E-state index is 0.192. The molecule has 8 heteroatoms. The molecule has 1 fully saturated rings. The van der Waals surface area contributed by atoms with Gasteiger partial charge < -0.3 is 14.5 Å². The molecule has 1 atom stereocenters. The Morgan fingerprint density at radius 3 is 3.05 bits per heavy atom. The zero-order valence-corrected chi connectivity index (χ0v) is 12.9. The number of nitrogens with one attached hydrogen (secondary N) is 1. The summed E-state index contributed by atoms with van der Waals surface area (Å²) in [6.45, 7) is 1.89. The van der Waals surface area contributed by atoms with Crippen LogP contribution in [-0.2, 0) is 6.54 Å². The van der Waals surface area contributed by atoms with Crippen molar-refractivity contribution in [2.75, 3.05) is 11.5 Å². The minimum atomic E-state index is -0.244. The molecule has 0 saturated carbocycles. The molecule has 22 heavy (non-hydrogen) atoms. The summed E-state index contributed by atoms with van der Waals surface area (Å²) in [5, 5.41) is 10.2. The van der Waals surface area contributed by atoms with Crippen LogP contribution in [0.1, 0.15) is 28.6 Å². The molecule has 1 saturated heterocycles. The summed E-state index contributed by atoms with van der Waals surface area (Å²) < 4.78 is 10.9. The predicted octanol–water partition coefficient (Wildman–Crippen LogP) is 1.59. The van der Waals surface area contributed by atoms with Crippen molar-refractivity contribution in [3.8, 4) is 5.88 Å². The maximum atomic E-state index is 12.0. The lowest BCUT2D eigenvalue weighted by molar-refractivity contribution is 0.0946. The fourth-order valence-corrected chi connectivity index (χ4v) is 3.12. The van der Waals surface area contributed by atoms with Crippen LogP contribution in [0, 0.1) is 6.92 Å². The smallest absolute Gasteiger partial charge is 0.253 e. The first kappa shape index (κ1) is 14.8. The van der Waals surface area contributed by atoms with Crippen LogP contribution >= 0.6 is 11.8 Å². The van der Waals surface area contributed by atoms with E-state index >= 15 is 0 Å². The van der Waals surface area contributed by atoms with Crippen molar-refractivity contribution in [1.29, 1.82) is 0 Å². The molecule has 0 spiro atoms. The number of thioether (sulfide) groups is 1. The van der Waals surface area contributed by atoms with Gasteiger partial charge in [0.2, 0.25) is 17.7 Å². The van der Waals surface area contributed by atoms with Gasteiger partial charge in [0.15, 0.2) is 0 Å². The molecule has 0 aliphatic carbocycles. The molecule has 2 aromatic rings. The van der Waals surface area contributed by atoms with Gasteiger partial charge in [-0.2, -0.15) is 11.8 Å². The third kappa shape index (κ3) is 3.76. The van der Waals surface area contributed by atoms with E-state index in [2.05, 4.69) is 20.5 Å². The quantitative estimate of drug-likeness (QED) is 0.894. The van der Waals surface area contributed by atoms with E-state index in [0.29, 0.717) is 23.2 Å². The Kier molecular flexibility index (Phi) is 4.57. The third-order valence-electron chi connectivity index (χ3n) is 3.14. The number of carbonyl (C=O) groups excluding carboxylic acids is 1. The summed E-state index contributed by atoms with van der Waals surface area (Å²) in [4.78, 5) is 16.2. The lowest BCUT2D eigenvalue weighted by Crippen LogP contribution is -2.23. The topological polar surface area (TPSA) is 90.1 Å². The number of hydrogen-bond donors (Lipinski definition) is 1. The molecule has 1 aliphatic rings. The van der Waals surface area contributed by atoms with Crippen molar-refractivity contribution in [2.45, 2.75) is 26.0 Å². The number of amides is 1. The highest BCUT2D eigenvalue weighted by molar-refractivity contribution is 7.99. The fourth-order valence-electron chi connectivity index (χ4n) is 2.03. The average molecular weight is 320 g/mol. The van der Waals surface area contributed by atoms with Gasteiger partial charge in [0.1, 0.15) is 6.10 Å². The van der Waals surface area contributed by atoms with Crippen molar-refractivity contribution in [1.82, 2.24) is 20.5 Å². The number of aryl methyl sites for hydroxylation is 1. The number of nitrogens with zero attached hydrogens (tertiary/aromatic N) is 3. The molecule has 0 radical (unpaired) electrons. The highest BCUT2D eigenvalue weighted by Gasteiger charge is 2.17. The van der Waals surface area contributed by atoms with Crippen molar-refractivity contribution in [3.05, 3.63) is 35.7 Å². The van der Waals surface area contributed by atoms with E-state index in [-0.39, 0.29) is 18.6 Å². The zero-order chi connectivity index (χ0) is 15.4. The van der Waals surface area contributed by atoms with Gasteiger partial charge in [-0.05, 0) is 18.2 Å². The molecule has 1 amide bonds. The Hall–Kier alpha value is -2.09. The van der Waals surface area contributed by atoms with Crippen LogP contribution in [0.25, 0.3) is 0 Å². The van der Waals surface area contributed by atoms with Crippen molar-refractivity contribution in [3.63, 3.8) is 0 Å². The molecule has 1 N–H and O–H groups in total. The molecular weight excluding hydrogens is 304 g/mol. The minimum Gasteiger partial charge on any atom is -0.473 e. The molecule has 2 aromatic heterocycles. The monoisotopic (exact) mass is 320 g/mol. The van der Waals surface area contributed by atoms with E-state index in [0.717, 1.165) is 17.9 Å². The number of rotatable bonds is 5. The van der Waals surface area contributed by atoms with Crippen LogP contribution in [0.4, 0.5) is 0 Å². The first-order valence-corrected chi connectivity index (χ1v) is 8.14. The second-order valence-corrected chi connectivity index (χ2v) is 6.04. The van der Waals surface area contributed by atoms with Crippen LogP contribution in [0.5, 0.6) is 5.88 Å². The Balaban J connectivity index is 1.53. The van der Waals surface area contributed by atoms with E-state index in [1.54, 1.807) is 19.1 Å². The van der Waals surface area contributed by atoms with Gasteiger partial charge in [0.05, 0.1) is 12.1 Å². The maximum Gasteiger partial charge on any atom is 0.253 e. The van der Waals surface area contributed by atoms with Gasteiger partial charge in [-0.15, -0.1) is 10.2 Å². The Bertz CT molecular complexity index is 638. The highest BCUT2D eigenvalue weighted by atomic mass is 32.2. The Morgan fingerprint density at radius 2 is 2.41 bits per heavy atom. The molecule has 0 bridgehead atoms. The van der Waals surface area contributed by atoms with Gasteiger partial charge in [0.25, 0.3) is 5.91 Å². The van der Waals surface area contributed by atoms with E-state index in [9.17, 15) is 4.79 Å². The first-order chi connectivity index (χ1) is 10.7. The van der Waals surface area contributed by atoms with E-state index in [1.807, 2.05) is 11.8 Å². The number of hydrogen-bond acceptors (Lipinski definition) is 7. The lowest BCUT2D eigenvalue weighted by Gasteiger charge is -2.11. The number of aromatic nitrogens is 3. The third-order valence-corrected chi connectivity index (χ3v) is 4.27. The number of carbonyl (C=O) groups is 1. The summed E-state index contributed by atoms with van der Waals surface area (Å²) in [5.74, 6) is 3.27. The first-order valence-electron chi connectivity index (χ1n) is 6.98. The standard InChI is InChI=1S/C14H16N4O3S/c1-9-17-18-13(20-9)7-16-14(19)10-2-3-12(15-6-10)21-11-4-5-22-8-11/h2-3,6,11H,4-5,7-8H2,1H3,(H,16,19). The van der Waals surface area contributed by atoms with Crippen molar-refractivity contribution in [2.24, 2.45) is 0 Å². The van der Waals surface area contributed by atoms with Gasteiger partial charge in [-0.3, -0.25) is 4.79 Å². The SMILES string of the molecule is Cc1nnc(CNC(=O)c2ccc(OC3CCSC3)nc2)o1. The van der Waals surface area contributed by atoms with E-state index in [4.69, 9.17) is 9.15 Å². The maximum absolute atomic E-state index is 12.0. The summed E-state index contributed by atoms with van der Waals surface area (Å²) in [5.41, 5.74) is 0.462. The number of ether oxygens (including phenoxy) is 1. The largest absolute Gasteiger partial charge is 0.473 e. The zero-order valence-electron chi connectivity index (χ0n) is 12.1. The molecule has 3 rings (SSSR count). The molecule has 3 heterocycles. The highest BCUT2D eigenvalue weighted by Crippen LogP contribution is 2.21. The Morgan fingerprint density at radius 1 is 1.50 bits per heavy atom. The van der Waals surface area contributed by atoms with Crippen LogP contribution in [-0.4, -0.2) is 38.7 Å². The van der Waals surface area contributed by atoms with Gasteiger partial charge >= 0.3 is 0 Å². The molecule has 1 aliphatic heterocycles. The molecule has 7 nitrogen and oxygen atoms in total. The molecule has 0 aromatic carbocycles. The molecule has 1 unspecified atom stereocenters. The van der Waals surface area contributed by atoms with Crippen LogP contribution in [0.15, 0.2) is 22.7 Å². The molecule has 116 valence electrons. The van der Waals surface area contributed by atoms with Crippen LogP contribution in [0.3, 0.4) is 0 Å². The second kappa shape index (κ2) is 6.78. The van der Waals surface area contributed by atoms with Crippen LogP contribution in [0.2, 0.25) is 0 Å². The van der Waals surface area contributed by atoms with E-state index < -0.39 is 0 Å². The lowest BCUT2D eigenvalue weighted by atomic mass is 10.2. The van der Waals surface area contributed by atoms with Gasteiger partial charge in [-0.1, -0.05) is 0 Å². The summed E-state index contributed by atoms with van der Waals surface area (Å²) >= 11 is 1.88. The second-order valence-electron chi connectivity index (χ2n) is 4.89. The average Bonchev–Trinajstić information content (AvgIpc) is 3.17. The van der Waals surface area contributed by atoms with Crippen molar-refractivity contribution < 1.29 is 13.9 Å². The predicted molar refractivity (Wildman–Crippen MR) is 80.8 cm³/mol. The number of pyridine rings is 1. The van der Waals surface area contributed by atoms with E-state index in [1.165, 1.54) is 6.20 Å².